The molecule has 1 saturated heterocycles. The van der Waals surface area contributed by atoms with Gasteiger partial charge < -0.3 is 5.11 Å². The number of para-hydroxylation sites is 1. The first-order valence-electron chi connectivity index (χ1n) is 9.77. The minimum absolute atomic E-state index is 0.289. The Morgan fingerprint density at radius 1 is 1.08 bits per heavy atom. The van der Waals surface area contributed by atoms with Crippen LogP contribution in [0.5, 0.6) is 0 Å². The second kappa shape index (κ2) is 7.81. The standard InChI is InChI=1S/C21H29N3O/c25-14-10-20-16-23(12-13-24(20)19-8-1-2-9-19)15-18-6-3-5-17-7-4-11-22-21(17)18/h3-7,11,19-20,25H,1-2,8-10,12-16H2/t20-/m0/s1. The molecule has 134 valence electrons. The number of aromatic nitrogens is 1. The Morgan fingerprint density at radius 3 is 2.76 bits per heavy atom. The van der Waals surface area contributed by atoms with Crippen LogP contribution in [0.2, 0.25) is 0 Å². The summed E-state index contributed by atoms with van der Waals surface area (Å²) in [6.45, 7) is 4.54. The molecule has 1 aromatic heterocycles. The van der Waals surface area contributed by atoms with Crippen molar-refractivity contribution in [2.45, 2.75) is 50.7 Å². The molecule has 1 saturated carbocycles. The average Bonchev–Trinajstić information content (AvgIpc) is 3.17. The number of fused-ring (bicyclic) bond motifs is 1. The largest absolute Gasteiger partial charge is 0.396 e. The van der Waals surface area contributed by atoms with Crippen LogP contribution in [0.1, 0.15) is 37.7 Å². The van der Waals surface area contributed by atoms with Crippen LogP contribution < -0.4 is 0 Å². The van der Waals surface area contributed by atoms with Gasteiger partial charge in [0.15, 0.2) is 0 Å². The molecule has 0 amide bonds. The fourth-order valence-electron chi connectivity index (χ4n) is 4.74. The maximum atomic E-state index is 9.54. The van der Waals surface area contributed by atoms with E-state index in [-0.39, 0.29) is 6.61 Å². The van der Waals surface area contributed by atoms with Crippen LogP contribution in [0.4, 0.5) is 0 Å². The molecule has 2 aromatic rings. The van der Waals surface area contributed by atoms with Gasteiger partial charge in [-0.15, -0.1) is 0 Å². The molecule has 0 unspecified atom stereocenters. The quantitative estimate of drug-likeness (QED) is 0.909. The molecule has 1 aliphatic heterocycles. The molecule has 4 heteroatoms. The van der Waals surface area contributed by atoms with Crippen LogP contribution in [-0.4, -0.2) is 58.2 Å². The minimum Gasteiger partial charge on any atom is -0.396 e. The van der Waals surface area contributed by atoms with Crippen LogP contribution in [0, 0.1) is 0 Å². The fraction of sp³-hybridized carbons (Fsp3) is 0.571. The van der Waals surface area contributed by atoms with Gasteiger partial charge >= 0.3 is 0 Å². The van der Waals surface area contributed by atoms with E-state index in [2.05, 4.69) is 39.0 Å². The number of benzene rings is 1. The van der Waals surface area contributed by atoms with Crippen LogP contribution in [0.25, 0.3) is 10.9 Å². The number of aliphatic hydroxyl groups excluding tert-OH is 1. The molecule has 0 bridgehead atoms. The molecule has 2 heterocycles. The zero-order valence-electron chi connectivity index (χ0n) is 15.0. The number of piperazine rings is 1. The molecule has 4 nitrogen and oxygen atoms in total. The SMILES string of the molecule is OCC[C@H]1CN(Cc2cccc3cccnc23)CCN1C1CCCC1. The Kier molecular flexibility index (Phi) is 5.30. The van der Waals surface area contributed by atoms with Gasteiger partial charge in [-0.25, -0.2) is 0 Å². The zero-order valence-corrected chi connectivity index (χ0v) is 15.0. The van der Waals surface area contributed by atoms with Crippen molar-refractivity contribution >= 4 is 10.9 Å². The summed E-state index contributed by atoms with van der Waals surface area (Å²) in [5, 5.41) is 10.8. The monoisotopic (exact) mass is 339 g/mol. The molecule has 2 aliphatic rings. The Morgan fingerprint density at radius 2 is 1.92 bits per heavy atom. The Labute approximate surface area is 150 Å². The van der Waals surface area contributed by atoms with E-state index in [9.17, 15) is 5.11 Å². The molecule has 0 spiro atoms. The highest BCUT2D eigenvalue weighted by molar-refractivity contribution is 5.81. The summed E-state index contributed by atoms with van der Waals surface area (Å²) in [5.41, 5.74) is 2.44. The van der Waals surface area contributed by atoms with Gasteiger partial charge in [-0.2, -0.15) is 0 Å². The molecule has 1 aromatic carbocycles. The normalized spacial score (nSPS) is 23.5. The molecule has 2 fully saturated rings. The van der Waals surface area contributed by atoms with Crippen molar-refractivity contribution in [1.29, 1.82) is 0 Å². The van der Waals surface area contributed by atoms with Gasteiger partial charge in [-0.05, 0) is 30.9 Å². The molecule has 0 radical (unpaired) electrons. The predicted molar refractivity (Wildman–Crippen MR) is 101 cm³/mol. The summed E-state index contributed by atoms with van der Waals surface area (Å²) in [6.07, 6.45) is 8.21. The van der Waals surface area contributed by atoms with Gasteiger partial charge in [0.05, 0.1) is 5.52 Å². The van der Waals surface area contributed by atoms with Gasteiger partial charge in [0, 0.05) is 56.5 Å². The van der Waals surface area contributed by atoms with E-state index in [4.69, 9.17) is 0 Å². The van der Waals surface area contributed by atoms with Crippen molar-refractivity contribution in [3.05, 3.63) is 42.1 Å². The molecule has 1 atom stereocenters. The predicted octanol–water partition coefficient (Wildman–Crippen LogP) is 3.05. The van der Waals surface area contributed by atoms with Gasteiger partial charge in [-0.1, -0.05) is 37.1 Å². The highest BCUT2D eigenvalue weighted by Gasteiger charge is 2.33. The zero-order chi connectivity index (χ0) is 17.1. The summed E-state index contributed by atoms with van der Waals surface area (Å²) < 4.78 is 0. The lowest BCUT2D eigenvalue weighted by Crippen LogP contribution is -2.56. The van der Waals surface area contributed by atoms with Crippen LogP contribution in [-0.2, 0) is 6.54 Å². The van der Waals surface area contributed by atoms with E-state index in [1.165, 1.54) is 36.6 Å². The molecule has 4 rings (SSSR count). The van der Waals surface area contributed by atoms with E-state index in [1.54, 1.807) is 0 Å². The number of pyridine rings is 1. The topological polar surface area (TPSA) is 39.6 Å². The van der Waals surface area contributed by atoms with Gasteiger partial charge in [0.2, 0.25) is 0 Å². The second-order valence-electron chi connectivity index (χ2n) is 7.57. The maximum absolute atomic E-state index is 9.54. The second-order valence-corrected chi connectivity index (χ2v) is 7.57. The van der Waals surface area contributed by atoms with Crippen molar-refractivity contribution < 1.29 is 5.11 Å². The third-order valence-electron chi connectivity index (χ3n) is 5.98. The number of hydrogen-bond donors (Lipinski definition) is 1. The summed E-state index contributed by atoms with van der Waals surface area (Å²) >= 11 is 0. The van der Waals surface area contributed by atoms with E-state index in [0.29, 0.717) is 6.04 Å². The third-order valence-corrected chi connectivity index (χ3v) is 5.98. The van der Waals surface area contributed by atoms with Crippen molar-refractivity contribution in [3.8, 4) is 0 Å². The summed E-state index contributed by atoms with van der Waals surface area (Å²) in [7, 11) is 0. The van der Waals surface area contributed by atoms with E-state index < -0.39 is 0 Å². The number of rotatable bonds is 5. The van der Waals surface area contributed by atoms with Crippen molar-refractivity contribution in [2.24, 2.45) is 0 Å². The lowest BCUT2D eigenvalue weighted by Gasteiger charge is -2.44. The molecule has 1 N–H and O–H groups in total. The van der Waals surface area contributed by atoms with Gasteiger partial charge in [-0.3, -0.25) is 14.8 Å². The lowest BCUT2D eigenvalue weighted by atomic mass is 10.0. The first kappa shape index (κ1) is 17.0. The number of aliphatic hydroxyl groups is 1. The summed E-state index contributed by atoms with van der Waals surface area (Å²) in [5.74, 6) is 0. The van der Waals surface area contributed by atoms with Crippen LogP contribution in [0.3, 0.4) is 0 Å². The van der Waals surface area contributed by atoms with Crippen molar-refractivity contribution in [2.75, 3.05) is 26.2 Å². The molecule has 1 aliphatic carbocycles. The first-order valence-corrected chi connectivity index (χ1v) is 9.77. The summed E-state index contributed by atoms with van der Waals surface area (Å²) in [4.78, 5) is 9.85. The first-order chi connectivity index (χ1) is 12.3. The molecular formula is C21H29N3O. The Balaban J connectivity index is 1.48. The number of nitrogens with zero attached hydrogens (tertiary/aromatic N) is 3. The molecular weight excluding hydrogens is 310 g/mol. The van der Waals surface area contributed by atoms with E-state index in [1.807, 2.05) is 12.3 Å². The number of hydrogen-bond acceptors (Lipinski definition) is 4. The van der Waals surface area contributed by atoms with Crippen LogP contribution >= 0.6 is 0 Å². The van der Waals surface area contributed by atoms with Crippen LogP contribution in [0.15, 0.2) is 36.5 Å². The molecule has 25 heavy (non-hydrogen) atoms. The van der Waals surface area contributed by atoms with Gasteiger partial charge in [0.25, 0.3) is 0 Å². The maximum Gasteiger partial charge on any atom is 0.0746 e. The van der Waals surface area contributed by atoms with E-state index >= 15 is 0 Å². The highest BCUT2D eigenvalue weighted by atomic mass is 16.3. The Bertz CT molecular complexity index is 693. The minimum atomic E-state index is 0.289. The van der Waals surface area contributed by atoms with Crippen molar-refractivity contribution in [1.82, 2.24) is 14.8 Å². The Hall–Kier alpha value is -1.49. The average molecular weight is 339 g/mol. The van der Waals surface area contributed by atoms with Crippen molar-refractivity contribution in [3.63, 3.8) is 0 Å². The fourth-order valence-corrected chi connectivity index (χ4v) is 4.74. The van der Waals surface area contributed by atoms with E-state index in [0.717, 1.165) is 44.2 Å². The van der Waals surface area contributed by atoms with Gasteiger partial charge in [0.1, 0.15) is 0 Å². The smallest absolute Gasteiger partial charge is 0.0746 e. The third kappa shape index (κ3) is 3.71. The summed E-state index contributed by atoms with van der Waals surface area (Å²) in [6, 6.07) is 11.9. The lowest BCUT2D eigenvalue weighted by molar-refractivity contribution is 0.0269. The highest BCUT2D eigenvalue weighted by Crippen LogP contribution is 2.28.